The molecule has 0 aliphatic rings. The van der Waals surface area contributed by atoms with Crippen LogP contribution in [-0.4, -0.2) is 7.11 Å². The van der Waals surface area contributed by atoms with E-state index < -0.39 is 0 Å². The Morgan fingerprint density at radius 2 is 2.31 bits per heavy atom. The largest absolute Gasteiger partial charge is 0.494 e. The summed E-state index contributed by atoms with van der Waals surface area (Å²) >= 11 is 0. The average molecular weight is 221 g/mol. The van der Waals surface area contributed by atoms with Crippen LogP contribution in [0.25, 0.3) is 0 Å². The molecule has 2 N–H and O–H groups in total. The zero-order valence-electron chi connectivity index (χ0n) is 9.37. The molecule has 0 aliphatic carbocycles. The highest BCUT2D eigenvalue weighted by Crippen LogP contribution is 2.23. The minimum absolute atomic E-state index is 0.122. The fraction of sp³-hybridized carbons (Fsp3) is 0.385. The number of hydrogen-bond acceptors (Lipinski definition) is 2. The zero-order chi connectivity index (χ0) is 12.0. The predicted molar refractivity (Wildman–Crippen MR) is 62.6 cm³/mol. The number of nitrogens with two attached hydrogens (primary N) is 1. The second kappa shape index (κ2) is 6.14. The maximum Gasteiger partial charge on any atom is 0.165 e. The van der Waals surface area contributed by atoms with Crippen LogP contribution in [0.2, 0.25) is 0 Å². The molecule has 0 bridgehead atoms. The van der Waals surface area contributed by atoms with Gasteiger partial charge in [-0.15, -0.1) is 12.3 Å². The van der Waals surface area contributed by atoms with Gasteiger partial charge in [0.05, 0.1) is 7.11 Å². The van der Waals surface area contributed by atoms with E-state index in [0.717, 1.165) is 18.4 Å². The Morgan fingerprint density at radius 1 is 1.56 bits per heavy atom. The highest BCUT2D eigenvalue weighted by atomic mass is 19.1. The van der Waals surface area contributed by atoms with Crippen LogP contribution in [0.3, 0.4) is 0 Å². The molecule has 0 amide bonds. The molecule has 0 saturated carbocycles. The molecule has 0 heterocycles. The third-order valence-corrected chi connectivity index (χ3v) is 2.44. The number of methoxy groups -OCH3 is 1. The summed E-state index contributed by atoms with van der Waals surface area (Å²) in [5.74, 6) is 2.42. The van der Waals surface area contributed by atoms with E-state index in [1.54, 1.807) is 12.1 Å². The first-order valence-corrected chi connectivity index (χ1v) is 5.21. The van der Waals surface area contributed by atoms with E-state index in [9.17, 15) is 4.39 Å². The van der Waals surface area contributed by atoms with Crippen molar-refractivity contribution in [2.45, 2.75) is 25.3 Å². The number of hydrogen-bond donors (Lipinski definition) is 1. The Kier molecular flexibility index (Phi) is 4.81. The Bertz CT molecular complexity index is 384. The summed E-state index contributed by atoms with van der Waals surface area (Å²) in [4.78, 5) is 0. The first-order valence-electron chi connectivity index (χ1n) is 5.21. The topological polar surface area (TPSA) is 35.2 Å². The third kappa shape index (κ3) is 3.25. The molecule has 1 rings (SSSR count). The van der Waals surface area contributed by atoms with Crippen LogP contribution in [0.4, 0.5) is 4.39 Å². The molecule has 86 valence electrons. The molecule has 0 aromatic heterocycles. The van der Waals surface area contributed by atoms with E-state index in [1.807, 2.05) is 0 Å². The van der Waals surface area contributed by atoms with Crippen LogP contribution >= 0.6 is 0 Å². The zero-order valence-corrected chi connectivity index (χ0v) is 9.37. The van der Waals surface area contributed by atoms with Crippen molar-refractivity contribution >= 4 is 0 Å². The van der Waals surface area contributed by atoms with E-state index in [2.05, 4.69) is 5.92 Å². The normalized spacial score (nSPS) is 11.9. The Hall–Kier alpha value is -1.53. The van der Waals surface area contributed by atoms with Gasteiger partial charge >= 0.3 is 0 Å². The van der Waals surface area contributed by atoms with Gasteiger partial charge in [0.1, 0.15) is 0 Å². The highest BCUT2D eigenvalue weighted by molar-refractivity contribution is 5.31. The molecule has 1 atom stereocenters. The summed E-state index contributed by atoms with van der Waals surface area (Å²) in [6.45, 7) is 0. The van der Waals surface area contributed by atoms with Gasteiger partial charge in [-0.3, -0.25) is 0 Å². The lowest BCUT2D eigenvalue weighted by molar-refractivity contribution is 0.385. The molecule has 0 aliphatic heterocycles. The molecule has 16 heavy (non-hydrogen) atoms. The van der Waals surface area contributed by atoms with Crippen molar-refractivity contribution in [1.29, 1.82) is 0 Å². The van der Waals surface area contributed by atoms with Crippen molar-refractivity contribution in [2.24, 2.45) is 5.73 Å². The number of halogens is 1. The van der Waals surface area contributed by atoms with Crippen LogP contribution in [0.1, 0.15) is 30.9 Å². The van der Waals surface area contributed by atoms with Gasteiger partial charge in [-0.2, -0.15) is 0 Å². The lowest BCUT2D eigenvalue weighted by Crippen LogP contribution is -2.10. The van der Waals surface area contributed by atoms with Crippen molar-refractivity contribution in [3.63, 3.8) is 0 Å². The van der Waals surface area contributed by atoms with Gasteiger partial charge in [0, 0.05) is 12.5 Å². The Balaban J connectivity index is 2.69. The first-order chi connectivity index (χ1) is 7.69. The van der Waals surface area contributed by atoms with Crippen molar-refractivity contribution in [1.82, 2.24) is 0 Å². The van der Waals surface area contributed by atoms with E-state index >= 15 is 0 Å². The fourth-order valence-corrected chi connectivity index (χ4v) is 1.50. The van der Waals surface area contributed by atoms with Crippen LogP contribution in [0.15, 0.2) is 18.2 Å². The van der Waals surface area contributed by atoms with Gasteiger partial charge in [0.15, 0.2) is 11.6 Å². The van der Waals surface area contributed by atoms with Gasteiger partial charge in [-0.05, 0) is 30.5 Å². The van der Waals surface area contributed by atoms with Gasteiger partial charge in [0.2, 0.25) is 0 Å². The summed E-state index contributed by atoms with van der Waals surface area (Å²) in [6.07, 6.45) is 7.54. The maximum absolute atomic E-state index is 13.1. The second-order valence-electron chi connectivity index (χ2n) is 3.60. The minimum atomic E-state index is -0.373. The first kappa shape index (κ1) is 12.5. The van der Waals surface area contributed by atoms with Crippen LogP contribution in [0, 0.1) is 18.2 Å². The van der Waals surface area contributed by atoms with E-state index in [1.165, 1.54) is 13.2 Å². The summed E-state index contributed by atoms with van der Waals surface area (Å²) < 4.78 is 18.0. The van der Waals surface area contributed by atoms with Gasteiger partial charge in [-0.1, -0.05) is 6.07 Å². The molecule has 1 unspecified atom stereocenters. The van der Waals surface area contributed by atoms with E-state index in [4.69, 9.17) is 16.9 Å². The predicted octanol–water partition coefficient (Wildman–Crippen LogP) is 2.64. The van der Waals surface area contributed by atoms with Crippen LogP contribution in [-0.2, 0) is 0 Å². The SMILES string of the molecule is C#CCCCC(N)c1ccc(F)c(OC)c1. The standard InChI is InChI=1S/C13H16FNO/c1-3-4-5-6-12(15)10-7-8-11(14)13(9-10)16-2/h1,7-9,12H,4-6,15H2,2H3. The van der Waals surface area contributed by atoms with Crippen LogP contribution < -0.4 is 10.5 Å². The smallest absolute Gasteiger partial charge is 0.165 e. The number of benzene rings is 1. The van der Waals surface area contributed by atoms with Crippen molar-refractivity contribution in [3.8, 4) is 18.1 Å². The monoisotopic (exact) mass is 221 g/mol. The number of ether oxygens (including phenoxy) is 1. The van der Waals surface area contributed by atoms with E-state index in [0.29, 0.717) is 6.42 Å². The van der Waals surface area contributed by atoms with Crippen molar-refractivity contribution in [2.75, 3.05) is 7.11 Å². The molecular weight excluding hydrogens is 205 g/mol. The molecular formula is C13H16FNO. The molecule has 0 spiro atoms. The molecule has 0 fully saturated rings. The third-order valence-electron chi connectivity index (χ3n) is 2.44. The lowest BCUT2D eigenvalue weighted by Gasteiger charge is -2.12. The Labute approximate surface area is 95.6 Å². The Morgan fingerprint density at radius 3 is 2.94 bits per heavy atom. The molecule has 0 saturated heterocycles. The summed E-state index contributed by atoms with van der Waals surface area (Å²) in [5.41, 5.74) is 6.83. The van der Waals surface area contributed by atoms with Gasteiger partial charge < -0.3 is 10.5 Å². The van der Waals surface area contributed by atoms with Gasteiger partial charge in [0.25, 0.3) is 0 Å². The molecule has 2 nitrogen and oxygen atoms in total. The molecule has 3 heteroatoms. The highest BCUT2D eigenvalue weighted by Gasteiger charge is 2.09. The number of terminal acetylenes is 1. The fourth-order valence-electron chi connectivity index (χ4n) is 1.50. The minimum Gasteiger partial charge on any atom is -0.494 e. The number of unbranched alkanes of at least 4 members (excludes halogenated alkanes) is 1. The second-order valence-corrected chi connectivity index (χ2v) is 3.60. The van der Waals surface area contributed by atoms with Crippen LogP contribution in [0.5, 0.6) is 5.75 Å². The summed E-state index contributed by atoms with van der Waals surface area (Å²) in [5, 5.41) is 0. The summed E-state index contributed by atoms with van der Waals surface area (Å²) in [6, 6.07) is 4.56. The lowest BCUT2D eigenvalue weighted by atomic mass is 10.0. The van der Waals surface area contributed by atoms with Crippen molar-refractivity contribution < 1.29 is 9.13 Å². The van der Waals surface area contributed by atoms with Gasteiger partial charge in [-0.25, -0.2) is 4.39 Å². The molecule has 0 radical (unpaired) electrons. The van der Waals surface area contributed by atoms with E-state index in [-0.39, 0.29) is 17.6 Å². The molecule has 1 aromatic rings. The quantitative estimate of drug-likeness (QED) is 0.612. The maximum atomic E-state index is 13.1. The average Bonchev–Trinajstić information content (AvgIpc) is 2.30. The van der Waals surface area contributed by atoms with Crippen molar-refractivity contribution in [3.05, 3.63) is 29.6 Å². The number of rotatable bonds is 5. The summed E-state index contributed by atoms with van der Waals surface area (Å²) in [7, 11) is 1.44. The molecule has 1 aromatic carbocycles.